The summed E-state index contributed by atoms with van der Waals surface area (Å²) in [6.07, 6.45) is 0. The summed E-state index contributed by atoms with van der Waals surface area (Å²) in [5, 5.41) is 3.49. The highest BCUT2D eigenvalue weighted by molar-refractivity contribution is 6.30. The Hall–Kier alpha value is -3.64. The molecular weight excluding hydrogens is 426 g/mol. The van der Waals surface area contributed by atoms with Gasteiger partial charge >= 0.3 is 11.1 Å². The predicted molar refractivity (Wildman–Crippen MR) is 126 cm³/mol. The third kappa shape index (κ3) is 4.36. The molecule has 1 N–H and O–H groups in total. The van der Waals surface area contributed by atoms with Gasteiger partial charge in [-0.05, 0) is 54.4 Å². The zero-order valence-corrected chi connectivity index (χ0v) is 18.3. The van der Waals surface area contributed by atoms with Crippen LogP contribution in [0.3, 0.4) is 0 Å². The van der Waals surface area contributed by atoms with Crippen molar-refractivity contribution in [2.45, 2.75) is 26.6 Å². The van der Waals surface area contributed by atoms with Gasteiger partial charge in [-0.3, -0.25) is 19.0 Å². The van der Waals surface area contributed by atoms with E-state index in [2.05, 4.69) is 5.32 Å². The minimum Gasteiger partial charge on any atom is -0.348 e. The summed E-state index contributed by atoms with van der Waals surface area (Å²) in [7, 11) is 0. The maximum atomic E-state index is 12.7. The summed E-state index contributed by atoms with van der Waals surface area (Å²) in [6, 6.07) is 21.7. The van der Waals surface area contributed by atoms with Gasteiger partial charge in [0.15, 0.2) is 0 Å². The van der Waals surface area contributed by atoms with Crippen LogP contribution in [0, 0.1) is 0 Å². The lowest BCUT2D eigenvalue weighted by Crippen LogP contribution is -2.41. The normalized spacial score (nSPS) is 10.9. The van der Waals surface area contributed by atoms with Crippen LogP contribution in [0.4, 0.5) is 0 Å². The summed E-state index contributed by atoms with van der Waals surface area (Å²) in [4.78, 5) is 37.8. The van der Waals surface area contributed by atoms with E-state index in [9.17, 15) is 14.4 Å². The number of carbonyl (C=O) groups excluding carboxylic acids is 1. The van der Waals surface area contributed by atoms with Crippen molar-refractivity contribution >= 4 is 28.5 Å². The van der Waals surface area contributed by atoms with Crippen molar-refractivity contribution in [1.29, 1.82) is 0 Å². The number of amides is 1. The van der Waals surface area contributed by atoms with Gasteiger partial charge in [-0.15, -0.1) is 0 Å². The molecule has 0 radical (unpaired) electrons. The Bertz CT molecular complexity index is 1400. The highest BCUT2D eigenvalue weighted by Crippen LogP contribution is 2.14. The lowest BCUT2D eigenvalue weighted by atomic mass is 10.1. The highest BCUT2D eigenvalue weighted by atomic mass is 35.5. The van der Waals surface area contributed by atoms with Crippen molar-refractivity contribution in [1.82, 2.24) is 14.5 Å². The molecular formula is C25H22ClN3O3. The molecule has 1 aromatic heterocycles. The molecule has 4 rings (SSSR count). The molecule has 162 valence electrons. The molecule has 0 atom stereocenters. The van der Waals surface area contributed by atoms with Gasteiger partial charge in [-0.2, -0.15) is 0 Å². The second-order valence-electron chi connectivity index (χ2n) is 7.44. The van der Waals surface area contributed by atoms with E-state index in [1.807, 2.05) is 43.3 Å². The van der Waals surface area contributed by atoms with Crippen molar-refractivity contribution in [3.8, 4) is 0 Å². The molecule has 4 aromatic rings. The first-order chi connectivity index (χ1) is 15.5. The van der Waals surface area contributed by atoms with Crippen molar-refractivity contribution in [3.05, 3.63) is 115 Å². The molecule has 0 bridgehead atoms. The maximum absolute atomic E-state index is 12.7. The monoisotopic (exact) mass is 447 g/mol. The molecule has 0 fully saturated rings. The first-order valence-corrected chi connectivity index (χ1v) is 10.7. The molecule has 3 aromatic carbocycles. The molecule has 6 nitrogen and oxygen atoms in total. The van der Waals surface area contributed by atoms with E-state index in [-0.39, 0.29) is 12.5 Å². The number of halogens is 1. The second kappa shape index (κ2) is 9.24. The van der Waals surface area contributed by atoms with E-state index < -0.39 is 11.1 Å². The highest BCUT2D eigenvalue weighted by Gasteiger charge is 2.13. The fourth-order valence-corrected chi connectivity index (χ4v) is 3.93. The Morgan fingerprint density at radius 1 is 0.844 bits per heavy atom. The summed E-state index contributed by atoms with van der Waals surface area (Å²) in [5.74, 6) is -0.204. The van der Waals surface area contributed by atoms with E-state index >= 15 is 0 Å². The van der Waals surface area contributed by atoms with Crippen LogP contribution in [0.1, 0.15) is 28.4 Å². The van der Waals surface area contributed by atoms with E-state index in [4.69, 9.17) is 11.6 Å². The number of benzene rings is 3. The fraction of sp³-hybridized carbons (Fsp3) is 0.160. The molecule has 0 aliphatic rings. The zero-order valence-electron chi connectivity index (χ0n) is 17.5. The van der Waals surface area contributed by atoms with Gasteiger partial charge in [0, 0.05) is 23.7 Å². The number of aromatic nitrogens is 2. The smallest absolute Gasteiger partial charge is 0.317 e. The van der Waals surface area contributed by atoms with Gasteiger partial charge in [0.05, 0.1) is 17.6 Å². The number of hydrogen-bond acceptors (Lipinski definition) is 3. The Labute approximate surface area is 189 Å². The van der Waals surface area contributed by atoms with Gasteiger partial charge < -0.3 is 9.88 Å². The summed E-state index contributed by atoms with van der Waals surface area (Å²) >= 11 is 5.98. The number of rotatable bonds is 6. The Morgan fingerprint density at radius 3 is 2.16 bits per heavy atom. The molecule has 7 heteroatoms. The van der Waals surface area contributed by atoms with Gasteiger partial charge in [0.1, 0.15) is 0 Å². The van der Waals surface area contributed by atoms with Crippen LogP contribution in [0.25, 0.3) is 11.0 Å². The Morgan fingerprint density at radius 2 is 1.50 bits per heavy atom. The fourth-order valence-electron chi connectivity index (χ4n) is 3.72. The van der Waals surface area contributed by atoms with Crippen LogP contribution < -0.4 is 16.4 Å². The van der Waals surface area contributed by atoms with Crippen molar-refractivity contribution in [2.24, 2.45) is 0 Å². The van der Waals surface area contributed by atoms with E-state index in [0.29, 0.717) is 29.2 Å². The molecule has 0 saturated carbocycles. The quantitative estimate of drug-likeness (QED) is 0.457. The van der Waals surface area contributed by atoms with Gasteiger partial charge in [0.2, 0.25) is 0 Å². The van der Waals surface area contributed by atoms with Crippen LogP contribution in [0.2, 0.25) is 5.02 Å². The summed E-state index contributed by atoms with van der Waals surface area (Å²) in [6.45, 7) is 2.88. The van der Waals surface area contributed by atoms with Crippen LogP contribution in [0.15, 0.2) is 82.4 Å². The maximum Gasteiger partial charge on any atom is 0.317 e. The molecule has 0 saturated heterocycles. The van der Waals surface area contributed by atoms with E-state index in [1.165, 1.54) is 9.13 Å². The minimum atomic E-state index is -0.561. The minimum absolute atomic E-state index is 0.204. The number of para-hydroxylation sites is 2. The summed E-state index contributed by atoms with van der Waals surface area (Å²) in [5.41, 5.74) is 2.55. The number of fused-ring (bicyclic) bond motifs is 1. The first kappa shape index (κ1) is 21.6. The standard InChI is InChI=1S/C25H22ClN3O3/c1-2-28-21-8-3-4-9-22(21)29(25(32)24(28)31)16-17-10-12-19(13-11-17)23(30)27-15-18-6-5-7-20(26)14-18/h3-14H,2,15-16H2,1H3,(H,27,30). The largest absolute Gasteiger partial charge is 0.348 e. The predicted octanol–water partition coefficient (Wildman–Crippen LogP) is 3.81. The Kier molecular flexibility index (Phi) is 6.23. The van der Waals surface area contributed by atoms with Crippen LogP contribution in [-0.2, 0) is 19.6 Å². The van der Waals surface area contributed by atoms with Crippen LogP contribution in [-0.4, -0.2) is 15.0 Å². The topological polar surface area (TPSA) is 73.1 Å². The van der Waals surface area contributed by atoms with Crippen LogP contribution in [0.5, 0.6) is 0 Å². The number of nitrogens with zero attached hydrogens (tertiary/aromatic N) is 2. The third-order valence-corrected chi connectivity index (χ3v) is 5.59. The average Bonchev–Trinajstić information content (AvgIpc) is 2.81. The SMILES string of the molecule is CCn1c(=O)c(=O)n(Cc2ccc(C(=O)NCc3cccc(Cl)c3)cc2)c2ccccc21. The molecule has 0 aliphatic carbocycles. The zero-order chi connectivity index (χ0) is 22.7. The summed E-state index contributed by atoms with van der Waals surface area (Å²) < 4.78 is 2.97. The van der Waals surface area contributed by atoms with Gasteiger partial charge in [-0.25, -0.2) is 0 Å². The molecule has 1 amide bonds. The van der Waals surface area contributed by atoms with Crippen molar-refractivity contribution < 1.29 is 4.79 Å². The Balaban J connectivity index is 1.55. The molecule has 0 unspecified atom stereocenters. The van der Waals surface area contributed by atoms with Crippen molar-refractivity contribution in [3.63, 3.8) is 0 Å². The first-order valence-electron chi connectivity index (χ1n) is 10.3. The molecule has 0 aliphatic heterocycles. The van der Waals surface area contributed by atoms with Gasteiger partial charge in [-0.1, -0.05) is 48.0 Å². The van der Waals surface area contributed by atoms with E-state index in [0.717, 1.165) is 16.6 Å². The third-order valence-electron chi connectivity index (χ3n) is 5.35. The number of carbonyl (C=O) groups is 1. The van der Waals surface area contributed by atoms with Crippen LogP contribution >= 0.6 is 11.6 Å². The average molecular weight is 448 g/mol. The number of aryl methyl sites for hydroxylation is 1. The molecule has 32 heavy (non-hydrogen) atoms. The molecule has 0 spiro atoms. The van der Waals surface area contributed by atoms with Gasteiger partial charge in [0.25, 0.3) is 5.91 Å². The number of hydrogen-bond donors (Lipinski definition) is 1. The lowest BCUT2D eigenvalue weighted by Gasteiger charge is -2.14. The second-order valence-corrected chi connectivity index (χ2v) is 7.88. The van der Waals surface area contributed by atoms with Crippen molar-refractivity contribution in [2.75, 3.05) is 0 Å². The van der Waals surface area contributed by atoms with E-state index in [1.54, 1.807) is 36.4 Å². The molecule has 1 heterocycles. The number of nitrogens with one attached hydrogen (secondary N) is 1. The lowest BCUT2D eigenvalue weighted by molar-refractivity contribution is 0.0951.